The van der Waals surface area contributed by atoms with Crippen LogP contribution in [0.2, 0.25) is 0 Å². The Morgan fingerprint density at radius 2 is 2.09 bits per heavy atom. The minimum atomic E-state index is 0.0681. The number of likely N-dealkylation sites (tertiary alicyclic amines) is 1. The van der Waals surface area contributed by atoms with Crippen molar-refractivity contribution in [3.05, 3.63) is 60.0 Å². The van der Waals surface area contributed by atoms with Crippen molar-refractivity contribution in [2.45, 2.75) is 18.8 Å². The van der Waals surface area contributed by atoms with Gasteiger partial charge in [-0.2, -0.15) is 5.10 Å². The van der Waals surface area contributed by atoms with Crippen molar-refractivity contribution >= 4 is 16.8 Å². The third-order valence-corrected chi connectivity index (χ3v) is 4.53. The first kappa shape index (κ1) is 13.9. The third kappa shape index (κ3) is 2.59. The minimum absolute atomic E-state index is 0.0681. The predicted molar refractivity (Wildman–Crippen MR) is 88.2 cm³/mol. The number of pyridine rings is 1. The molecule has 3 heterocycles. The first-order valence-electron chi connectivity index (χ1n) is 7.95. The van der Waals surface area contributed by atoms with Gasteiger partial charge in [0, 0.05) is 42.5 Å². The molecule has 1 amide bonds. The molecule has 4 rings (SSSR count). The van der Waals surface area contributed by atoms with E-state index >= 15 is 0 Å². The Hall–Kier alpha value is -2.69. The Morgan fingerprint density at radius 3 is 2.96 bits per heavy atom. The zero-order chi connectivity index (χ0) is 15.6. The molecule has 1 saturated heterocycles. The van der Waals surface area contributed by atoms with E-state index in [1.165, 1.54) is 0 Å². The van der Waals surface area contributed by atoms with Crippen LogP contribution in [-0.4, -0.2) is 39.1 Å². The summed E-state index contributed by atoms with van der Waals surface area (Å²) >= 11 is 0. The molecule has 3 aromatic rings. The van der Waals surface area contributed by atoms with Crippen LogP contribution in [0, 0.1) is 0 Å². The number of hydrogen-bond donors (Lipinski definition) is 1. The van der Waals surface area contributed by atoms with Gasteiger partial charge in [0.2, 0.25) is 0 Å². The molecular weight excluding hydrogens is 288 g/mol. The average molecular weight is 306 g/mol. The number of nitrogens with one attached hydrogen (secondary N) is 1. The topological polar surface area (TPSA) is 61.9 Å². The number of amides is 1. The molecule has 1 aromatic carbocycles. The number of carbonyl (C=O) groups excluding carboxylic acids is 1. The Labute approximate surface area is 134 Å². The molecule has 1 N–H and O–H groups in total. The number of nitrogens with zero attached hydrogens (tertiary/aromatic N) is 3. The number of carbonyl (C=O) groups is 1. The van der Waals surface area contributed by atoms with Gasteiger partial charge in [0.1, 0.15) is 0 Å². The molecule has 5 nitrogen and oxygen atoms in total. The Bertz CT molecular complexity index is 823. The summed E-state index contributed by atoms with van der Waals surface area (Å²) in [5.74, 6) is 0.400. The van der Waals surface area contributed by atoms with Crippen molar-refractivity contribution in [1.82, 2.24) is 20.1 Å². The van der Waals surface area contributed by atoms with Crippen LogP contribution in [0.1, 0.15) is 34.8 Å². The standard InChI is InChI=1S/C18H18N4O/c23-18(15-7-1-4-13-5-2-9-19-17(13)15)22-11-3-6-14(12-22)16-8-10-20-21-16/h1-2,4-5,7-10,14H,3,6,11-12H2,(H,20,21). The molecule has 5 heteroatoms. The lowest BCUT2D eigenvalue weighted by Gasteiger charge is -2.32. The van der Waals surface area contributed by atoms with Gasteiger partial charge < -0.3 is 4.90 Å². The van der Waals surface area contributed by atoms with Gasteiger partial charge >= 0.3 is 0 Å². The highest BCUT2D eigenvalue weighted by molar-refractivity contribution is 6.05. The summed E-state index contributed by atoms with van der Waals surface area (Å²) in [5, 5.41) is 8.06. The van der Waals surface area contributed by atoms with Gasteiger partial charge in [0.25, 0.3) is 5.91 Å². The molecule has 0 spiro atoms. The molecule has 1 fully saturated rings. The number of benzene rings is 1. The maximum Gasteiger partial charge on any atom is 0.256 e. The fourth-order valence-electron chi connectivity index (χ4n) is 3.36. The number of fused-ring (bicyclic) bond motifs is 1. The Morgan fingerprint density at radius 1 is 1.17 bits per heavy atom. The Kier molecular flexibility index (Phi) is 3.54. The van der Waals surface area contributed by atoms with Crippen molar-refractivity contribution in [2.75, 3.05) is 13.1 Å². The van der Waals surface area contributed by atoms with Crippen LogP contribution >= 0.6 is 0 Å². The molecule has 1 unspecified atom stereocenters. The number of aromatic amines is 1. The van der Waals surface area contributed by atoms with Crippen LogP contribution in [0.5, 0.6) is 0 Å². The molecule has 116 valence electrons. The van der Waals surface area contributed by atoms with Crippen molar-refractivity contribution < 1.29 is 4.79 Å². The van der Waals surface area contributed by atoms with Crippen LogP contribution in [0.25, 0.3) is 10.9 Å². The monoisotopic (exact) mass is 306 g/mol. The van der Waals surface area contributed by atoms with E-state index in [2.05, 4.69) is 15.2 Å². The zero-order valence-corrected chi connectivity index (χ0v) is 12.8. The number of aromatic nitrogens is 3. The van der Waals surface area contributed by atoms with E-state index in [9.17, 15) is 4.79 Å². The zero-order valence-electron chi connectivity index (χ0n) is 12.8. The molecule has 1 aliphatic heterocycles. The summed E-state index contributed by atoms with van der Waals surface area (Å²) in [5.41, 5.74) is 2.58. The van der Waals surface area contributed by atoms with E-state index in [1.54, 1.807) is 12.4 Å². The van der Waals surface area contributed by atoms with Gasteiger partial charge in [-0.25, -0.2) is 0 Å². The summed E-state index contributed by atoms with van der Waals surface area (Å²) in [7, 11) is 0. The maximum atomic E-state index is 13.0. The highest BCUT2D eigenvalue weighted by Crippen LogP contribution is 2.27. The van der Waals surface area contributed by atoms with Crippen molar-refractivity contribution in [3.63, 3.8) is 0 Å². The molecular formula is C18H18N4O. The molecule has 0 radical (unpaired) electrons. The molecule has 23 heavy (non-hydrogen) atoms. The van der Waals surface area contributed by atoms with Gasteiger partial charge in [-0.15, -0.1) is 0 Å². The van der Waals surface area contributed by atoms with Crippen molar-refractivity contribution in [2.24, 2.45) is 0 Å². The van der Waals surface area contributed by atoms with E-state index in [-0.39, 0.29) is 5.91 Å². The van der Waals surface area contributed by atoms with Gasteiger partial charge in [-0.1, -0.05) is 18.2 Å². The second kappa shape index (κ2) is 5.83. The van der Waals surface area contributed by atoms with E-state index in [0.717, 1.165) is 42.5 Å². The lowest BCUT2D eigenvalue weighted by atomic mass is 9.94. The fraction of sp³-hybridized carbons (Fsp3) is 0.278. The van der Waals surface area contributed by atoms with E-state index < -0.39 is 0 Å². The molecule has 2 aromatic heterocycles. The minimum Gasteiger partial charge on any atom is -0.338 e. The lowest BCUT2D eigenvalue weighted by molar-refractivity contribution is 0.0707. The average Bonchev–Trinajstić information content (AvgIpc) is 3.15. The second-order valence-corrected chi connectivity index (χ2v) is 5.98. The second-order valence-electron chi connectivity index (χ2n) is 5.98. The van der Waals surface area contributed by atoms with E-state index in [4.69, 9.17) is 0 Å². The Balaban J connectivity index is 1.63. The van der Waals surface area contributed by atoms with E-state index in [0.29, 0.717) is 11.5 Å². The van der Waals surface area contributed by atoms with Crippen LogP contribution < -0.4 is 0 Å². The van der Waals surface area contributed by atoms with Crippen LogP contribution in [0.4, 0.5) is 0 Å². The van der Waals surface area contributed by atoms with Crippen molar-refractivity contribution in [1.29, 1.82) is 0 Å². The van der Waals surface area contributed by atoms with Gasteiger partial charge in [0.15, 0.2) is 0 Å². The number of rotatable bonds is 2. The summed E-state index contributed by atoms with van der Waals surface area (Å²) < 4.78 is 0. The predicted octanol–water partition coefficient (Wildman–Crippen LogP) is 2.98. The quantitative estimate of drug-likeness (QED) is 0.791. The largest absolute Gasteiger partial charge is 0.338 e. The molecule has 0 saturated carbocycles. The van der Waals surface area contributed by atoms with Crippen LogP contribution in [0.3, 0.4) is 0 Å². The number of para-hydroxylation sites is 1. The molecule has 0 aliphatic carbocycles. The number of H-pyrrole nitrogens is 1. The highest BCUT2D eigenvalue weighted by Gasteiger charge is 2.27. The summed E-state index contributed by atoms with van der Waals surface area (Å²) in [6.45, 7) is 1.52. The third-order valence-electron chi connectivity index (χ3n) is 4.53. The lowest BCUT2D eigenvalue weighted by Crippen LogP contribution is -2.39. The van der Waals surface area contributed by atoms with Crippen molar-refractivity contribution in [3.8, 4) is 0 Å². The molecule has 1 aliphatic rings. The molecule has 1 atom stereocenters. The fourth-order valence-corrected chi connectivity index (χ4v) is 3.36. The van der Waals surface area contributed by atoms with Gasteiger partial charge in [-0.05, 0) is 31.0 Å². The SMILES string of the molecule is O=C(c1cccc2cccnc12)N1CCCC(c2ccn[nH]2)C1. The summed E-state index contributed by atoms with van der Waals surface area (Å²) in [4.78, 5) is 19.3. The summed E-state index contributed by atoms with van der Waals surface area (Å²) in [6, 6.07) is 11.7. The smallest absolute Gasteiger partial charge is 0.256 e. The number of piperidine rings is 1. The first-order valence-corrected chi connectivity index (χ1v) is 7.95. The van der Waals surface area contributed by atoms with E-state index in [1.807, 2.05) is 41.3 Å². The summed E-state index contributed by atoms with van der Waals surface area (Å²) in [6.07, 6.45) is 5.60. The maximum absolute atomic E-state index is 13.0. The van der Waals surface area contributed by atoms with Gasteiger partial charge in [-0.3, -0.25) is 14.9 Å². The van der Waals surface area contributed by atoms with Crippen LogP contribution in [0.15, 0.2) is 48.8 Å². The highest BCUT2D eigenvalue weighted by atomic mass is 16.2. The van der Waals surface area contributed by atoms with Gasteiger partial charge in [0.05, 0.1) is 11.1 Å². The first-order chi connectivity index (χ1) is 11.3. The normalized spacial score (nSPS) is 18.3. The van der Waals surface area contributed by atoms with Crippen LogP contribution in [-0.2, 0) is 0 Å². The number of hydrogen-bond acceptors (Lipinski definition) is 3. The molecule has 0 bridgehead atoms.